The molecule has 0 aromatic heterocycles. The van der Waals surface area contributed by atoms with Crippen LogP contribution in [-0.2, 0) is 0 Å². The van der Waals surface area contributed by atoms with Gasteiger partial charge in [0.25, 0.3) is 0 Å². The van der Waals surface area contributed by atoms with Crippen molar-refractivity contribution in [3.05, 3.63) is 34.3 Å². The number of unbranched alkanes of at least 4 members (excludes halogenated alkanes) is 1. The predicted octanol–water partition coefficient (Wildman–Crippen LogP) is 5.85. The molecule has 1 nitrogen and oxygen atoms in total. The number of rotatable bonds is 9. The van der Waals surface area contributed by atoms with Crippen molar-refractivity contribution in [3.8, 4) is 0 Å². The fourth-order valence-electron chi connectivity index (χ4n) is 2.57. The average molecular weight is 326 g/mol. The molecule has 19 heavy (non-hydrogen) atoms. The Kier molecular flexibility index (Phi) is 8.40. The van der Waals surface area contributed by atoms with Crippen LogP contribution in [0.4, 0.5) is 0 Å². The van der Waals surface area contributed by atoms with Crippen LogP contribution in [0.15, 0.2) is 28.7 Å². The van der Waals surface area contributed by atoms with Crippen molar-refractivity contribution in [1.82, 2.24) is 5.32 Å². The van der Waals surface area contributed by atoms with Crippen LogP contribution >= 0.6 is 15.9 Å². The molecule has 0 saturated carbocycles. The molecule has 2 atom stereocenters. The number of hydrogen-bond acceptors (Lipinski definition) is 1. The van der Waals surface area contributed by atoms with E-state index in [1.807, 2.05) is 0 Å². The molecule has 0 spiro atoms. The molecule has 0 fully saturated rings. The molecule has 1 rings (SSSR count). The van der Waals surface area contributed by atoms with Gasteiger partial charge in [-0.3, -0.25) is 0 Å². The van der Waals surface area contributed by atoms with E-state index in [4.69, 9.17) is 0 Å². The molecule has 1 aromatic carbocycles. The second kappa shape index (κ2) is 9.55. The molecule has 1 N–H and O–H groups in total. The van der Waals surface area contributed by atoms with Gasteiger partial charge in [0.15, 0.2) is 0 Å². The minimum Gasteiger partial charge on any atom is -0.307 e. The van der Waals surface area contributed by atoms with Gasteiger partial charge in [0.1, 0.15) is 0 Å². The van der Waals surface area contributed by atoms with Crippen LogP contribution in [0.25, 0.3) is 0 Å². The summed E-state index contributed by atoms with van der Waals surface area (Å²) in [4.78, 5) is 0. The Labute approximate surface area is 127 Å². The first kappa shape index (κ1) is 16.7. The molecule has 0 amide bonds. The van der Waals surface area contributed by atoms with Crippen LogP contribution < -0.4 is 5.32 Å². The monoisotopic (exact) mass is 325 g/mol. The van der Waals surface area contributed by atoms with Crippen LogP contribution in [0.3, 0.4) is 0 Å². The molecular weight excluding hydrogens is 298 g/mol. The molecule has 0 bridgehead atoms. The number of hydrogen-bond donors (Lipinski definition) is 1. The highest BCUT2D eigenvalue weighted by molar-refractivity contribution is 9.10. The summed E-state index contributed by atoms with van der Waals surface area (Å²) >= 11 is 3.57. The number of halogens is 1. The van der Waals surface area contributed by atoms with Crippen molar-refractivity contribution in [1.29, 1.82) is 0 Å². The molecule has 0 saturated heterocycles. The Bertz CT molecular complexity index is 351. The lowest BCUT2D eigenvalue weighted by molar-refractivity contribution is 0.377. The zero-order valence-electron chi connectivity index (χ0n) is 12.6. The second-order valence-electron chi connectivity index (χ2n) is 5.31. The predicted molar refractivity (Wildman–Crippen MR) is 88.5 cm³/mol. The summed E-state index contributed by atoms with van der Waals surface area (Å²) in [6.45, 7) is 6.82. The minimum atomic E-state index is 0.478. The summed E-state index contributed by atoms with van der Waals surface area (Å²) in [5, 5.41) is 3.86. The van der Waals surface area contributed by atoms with Crippen LogP contribution in [-0.4, -0.2) is 6.04 Å². The van der Waals surface area contributed by atoms with E-state index in [1.165, 1.54) is 42.1 Å². The molecular formula is C17H28BrN. The number of benzene rings is 1. The third kappa shape index (κ3) is 6.09. The molecule has 1 aromatic rings. The largest absolute Gasteiger partial charge is 0.307 e. The third-order valence-corrected chi connectivity index (χ3v) is 4.13. The van der Waals surface area contributed by atoms with Crippen molar-refractivity contribution < 1.29 is 0 Å². The second-order valence-corrected chi connectivity index (χ2v) is 6.23. The summed E-state index contributed by atoms with van der Waals surface area (Å²) in [7, 11) is 0. The molecule has 0 aliphatic rings. The summed E-state index contributed by atoms with van der Waals surface area (Å²) in [5.74, 6) is 0. The standard InChI is InChI=1S/C17H28BrN/c1-4-7-12-16(9-5-2)19-17(6-3)14-10-8-11-15(18)13-14/h8,10-11,13,16-17,19H,4-7,9,12H2,1-3H3. The molecule has 2 unspecified atom stereocenters. The van der Waals surface area contributed by atoms with Crippen molar-refractivity contribution in [2.75, 3.05) is 0 Å². The highest BCUT2D eigenvalue weighted by Gasteiger charge is 2.14. The van der Waals surface area contributed by atoms with Gasteiger partial charge in [0.05, 0.1) is 0 Å². The maximum absolute atomic E-state index is 3.86. The van der Waals surface area contributed by atoms with Crippen molar-refractivity contribution in [2.45, 2.75) is 71.4 Å². The molecule has 0 aliphatic heterocycles. The first-order valence-corrected chi connectivity index (χ1v) is 8.52. The zero-order valence-corrected chi connectivity index (χ0v) is 14.2. The summed E-state index contributed by atoms with van der Waals surface area (Å²) in [6.07, 6.45) is 7.60. The van der Waals surface area contributed by atoms with Crippen LogP contribution in [0, 0.1) is 0 Å². The van der Waals surface area contributed by atoms with Gasteiger partial charge in [0.2, 0.25) is 0 Å². The lowest BCUT2D eigenvalue weighted by Crippen LogP contribution is -2.32. The zero-order chi connectivity index (χ0) is 14.1. The van der Waals surface area contributed by atoms with Crippen molar-refractivity contribution >= 4 is 15.9 Å². The third-order valence-electron chi connectivity index (χ3n) is 3.64. The van der Waals surface area contributed by atoms with Gasteiger partial charge in [-0.2, -0.15) is 0 Å². The maximum atomic E-state index is 3.86. The molecule has 0 heterocycles. The van der Waals surface area contributed by atoms with Crippen LogP contribution in [0.5, 0.6) is 0 Å². The molecule has 2 heteroatoms. The maximum Gasteiger partial charge on any atom is 0.0320 e. The lowest BCUT2D eigenvalue weighted by atomic mass is 9.99. The highest BCUT2D eigenvalue weighted by atomic mass is 79.9. The van der Waals surface area contributed by atoms with E-state index in [2.05, 4.69) is 66.3 Å². The fraction of sp³-hybridized carbons (Fsp3) is 0.647. The van der Waals surface area contributed by atoms with E-state index in [0.29, 0.717) is 12.1 Å². The van der Waals surface area contributed by atoms with E-state index >= 15 is 0 Å². The summed E-state index contributed by atoms with van der Waals surface area (Å²) in [5.41, 5.74) is 1.40. The van der Waals surface area contributed by atoms with Gasteiger partial charge < -0.3 is 5.32 Å². The van der Waals surface area contributed by atoms with Gasteiger partial charge in [-0.1, -0.05) is 68.1 Å². The van der Waals surface area contributed by atoms with E-state index in [9.17, 15) is 0 Å². The highest BCUT2D eigenvalue weighted by Crippen LogP contribution is 2.22. The average Bonchev–Trinajstić information content (AvgIpc) is 2.41. The first-order chi connectivity index (χ1) is 9.21. The topological polar surface area (TPSA) is 12.0 Å². The normalized spacial score (nSPS) is 14.3. The van der Waals surface area contributed by atoms with Gasteiger partial charge in [0, 0.05) is 16.6 Å². The van der Waals surface area contributed by atoms with Gasteiger partial charge in [-0.05, 0) is 37.0 Å². The fourth-order valence-corrected chi connectivity index (χ4v) is 2.98. The molecule has 0 radical (unpaired) electrons. The Morgan fingerprint density at radius 2 is 1.89 bits per heavy atom. The number of nitrogens with one attached hydrogen (secondary N) is 1. The van der Waals surface area contributed by atoms with E-state index in [1.54, 1.807) is 0 Å². The Morgan fingerprint density at radius 1 is 1.11 bits per heavy atom. The molecule has 0 aliphatic carbocycles. The lowest BCUT2D eigenvalue weighted by Gasteiger charge is -2.25. The van der Waals surface area contributed by atoms with Crippen molar-refractivity contribution in [2.24, 2.45) is 0 Å². The smallest absolute Gasteiger partial charge is 0.0320 e. The van der Waals surface area contributed by atoms with Gasteiger partial charge in [-0.15, -0.1) is 0 Å². The summed E-state index contributed by atoms with van der Waals surface area (Å²) in [6, 6.07) is 9.83. The van der Waals surface area contributed by atoms with Gasteiger partial charge >= 0.3 is 0 Å². The summed E-state index contributed by atoms with van der Waals surface area (Å²) < 4.78 is 1.17. The van der Waals surface area contributed by atoms with Gasteiger partial charge in [-0.25, -0.2) is 0 Å². The Balaban J connectivity index is 2.67. The Hall–Kier alpha value is -0.340. The minimum absolute atomic E-state index is 0.478. The SMILES string of the molecule is CCCCC(CCC)NC(CC)c1cccc(Br)c1. The van der Waals surface area contributed by atoms with E-state index in [-0.39, 0.29) is 0 Å². The van der Waals surface area contributed by atoms with Crippen molar-refractivity contribution in [3.63, 3.8) is 0 Å². The van der Waals surface area contributed by atoms with E-state index < -0.39 is 0 Å². The Morgan fingerprint density at radius 3 is 2.47 bits per heavy atom. The molecule has 108 valence electrons. The first-order valence-electron chi connectivity index (χ1n) is 7.72. The van der Waals surface area contributed by atoms with E-state index in [0.717, 1.165) is 6.42 Å². The van der Waals surface area contributed by atoms with Crippen LogP contribution in [0.2, 0.25) is 0 Å². The quantitative estimate of drug-likeness (QED) is 0.600. The van der Waals surface area contributed by atoms with Crippen LogP contribution in [0.1, 0.15) is 70.9 Å².